The van der Waals surface area contributed by atoms with E-state index in [-0.39, 0.29) is 19.1 Å². The Hall–Kier alpha value is -3.91. The number of benzene rings is 1. The first kappa shape index (κ1) is 35.0. The molecule has 2 aromatic rings. The Morgan fingerprint density at radius 3 is 2.33 bits per heavy atom. The maximum absolute atomic E-state index is 13.4. The molecule has 1 aromatic carbocycles. The first-order chi connectivity index (χ1) is 21.7. The topological polar surface area (TPSA) is 121 Å². The van der Waals surface area contributed by atoms with Crippen molar-refractivity contribution in [3.8, 4) is 0 Å². The number of nitrogens with one attached hydrogen (secondary N) is 1. The zero-order chi connectivity index (χ0) is 33.8. The van der Waals surface area contributed by atoms with Gasteiger partial charge >= 0.3 is 24.1 Å². The van der Waals surface area contributed by atoms with E-state index in [2.05, 4.69) is 19.9 Å². The van der Waals surface area contributed by atoms with Crippen molar-refractivity contribution >= 4 is 41.2 Å². The average Bonchev–Trinajstić information content (AvgIpc) is 3.55. The fraction of sp³-hybridized carbons (Fsp3) is 0.516. The summed E-state index contributed by atoms with van der Waals surface area (Å²) in [6.07, 6.45) is -5.57. The Bertz CT molecular complexity index is 1440. The zero-order valence-electron chi connectivity index (χ0n) is 26.0. The lowest BCUT2D eigenvalue weighted by molar-refractivity contribution is -0.209. The normalized spacial score (nSPS) is 18.6. The van der Waals surface area contributed by atoms with E-state index in [0.29, 0.717) is 59.9 Å². The van der Waals surface area contributed by atoms with E-state index < -0.39 is 30.4 Å². The fourth-order valence-corrected chi connectivity index (χ4v) is 6.06. The number of carbonyl (C=O) groups is 4. The van der Waals surface area contributed by atoms with Crippen LogP contribution in [0, 0.1) is 32.6 Å². The second-order valence-electron chi connectivity index (χ2n) is 11.5. The fourth-order valence-electron chi connectivity index (χ4n) is 5.88. The number of anilines is 1. The zero-order valence-corrected chi connectivity index (χ0v) is 26.8. The van der Waals surface area contributed by atoms with Crippen molar-refractivity contribution in [3.05, 3.63) is 57.9 Å². The van der Waals surface area contributed by atoms with Crippen molar-refractivity contribution in [2.24, 2.45) is 11.8 Å². The van der Waals surface area contributed by atoms with E-state index in [1.165, 1.54) is 17.9 Å². The third kappa shape index (κ3) is 8.27. The van der Waals surface area contributed by atoms with E-state index in [9.17, 15) is 32.3 Å². The van der Waals surface area contributed by atoms with E-state index in [1.807, 2.05) is 24.8 Å². The van der Waals surface area contributed by atoms with Gasteiger partial charge in [-0.05, 0) is 81.8 Å². The Kier molecular flexibility index (Phi) is 11.1. The number of fused-ring (bicyclic) bond motifs is 1. The molecule has 2 saturated heterocycles. The Morgan fingerprint density at radius 1 is 1.07 bits per heavy atom. The highest BCUT2D eigenvalue weighted by atomic mass is 35.5. The number of aryl methyl sites for hydroxylation is 3. The maximum Gasteiger partial charge on any atom is 0.491 e. The summed E-state index contributed by atoms with van der Waals surface area (Å²) in [5.41, 5.74) is 3.31. The Balaban J connectivity index is 1.39. The molecule has 4 rings (SSSR count). The molecule has 2 aliphatic rings. The standard InChI is InChI=1S/C31H37ClF3N5O6/c1-5-45-28(42)26(46-29(43)31(33,34)35)37-30(44)40(23-8-7-18(2)24(32)13-23)12-6-11-38-14-21-16-39(17-22(21)15-38)27(41)25-19(3)9-10-36-20(25)4/h7-10,13,21-22,26H,5-6,11-12,14-17H2,1-4H3,(H,37,44). The van der Waals surface area contributed by atoms with Gasteiger partial charge in [-0.15, -0.1) is 0 Å². The Labute approximate surface area is 269 Å². The molecule has 0 radical (unpaired) electrons. The number of halogens is 4. The molecule has 0 spiro atoms. The maximum atomic E-state index is 13.4. The molecule has 46 heavy (non-hydrogen) atoms. The molecule has 1 N–H and O–H groups in total. The highest BCUT2D eigenvalue weighted by Crippen LogP contribution is 2.33. The number of esters is 2. The second kappa shape index (κ2) is 14.7. The number of hydrogen-bond acceptors (Lipinski definition) is 8. The summed E-state index contributed by atoms with van der Waals surface area (Å²) in [5.74, 6) is -3.43. The predicted octanol–water partition coefficient (Wildman–Crippen LogP) is 4.27. The number of pyridine rings is 1. The van der Waals surface area contributed by atoms with Crippen LogP contribution in [0.25, 0.3) is 0 Å². The molecule has 15 heteroatoms. The number of urea groups is 1. The summed E-state index contributed by atoms with van der Waals surface area (Å²) < 4.78 is 47.6. The third-order valence-corrected chi connectivity index (χ3v) is 8.60. The molecule has 0 bridgehead atoms. The molecule has 11 nitrogen and oxygen atoms in total. The lowest BCUT2D eigenvalue weighted by atomic mass is 10.0. The van der Waals surface area contributed by atoms with Gasteiger partial charge < -0.3 is 19.3 Å². The van der Waals surface area contributed by atoms with Crippen molar-refractivity contribution in [2.45, 2.75) is 46.5 Å². The van der Waals surface area contributed by atoms with Crippen molar-refractivity contribution < 1.29 is 41.8 Å². The summed E-state index contributed by atoms with van der Waals surface area (Å²) in [7, 11) is 0. The van der Waals surface area contributed by atoms with Crippen LogP contribution in [-0.4, -0.2) is 96.9 Å². The second-order valence-corrected chi connectivity index (χ2v) is 11.9. The molecule has 3 heterocycles. The number of alkyl halides is 3. The number of carbonyl (C=O) groups excluding carboxylic acids is 4. The van der Waals surface area contributed by atoms with Gasteiger partial charge in [0.05, 0.1) is 17.9 Å². The van der Waals surface area contributed by atoms with Crippen LogP contribution in [0.5, 0.6) is 0 Å². The van der Waals surface area contributed by atoms with Crippen LogP contribution >= 0.6 is 11.6 Å². The number of nitrogens with zero attached hydrogens (tertiary/aromatic N) is 4. The Morgan fingerprint density at radius 2 is 1.74 bits per heavy atom. The number of rotatable bonds is 10. The van der Waals surface area contributed by atoms with Crippen LogP contribution in [0.2, 0.25) is 5.02 Å². The van der Waals surface area contributed by atoms with Crippen LogP contribution in [0.4, 0.5) is 23.7 Å². The minimum absolute atomic E-state index is 0.00972. The molecule has 250 valence electrons. The van der Waals surface area contributed by atoms with Crippen LogP contribution in [0.1, 0.15) is 40.5 Å². The number of ether oxygens (including phenoxy) is 2. The first-order valence-electron chi connectivity index (χ1n) is 14.9. The van der Waals surface area contributed by atoms with Gasteiger partial charge in [-0.2, -0.15) is 13.2 Å². The number of hydrogen-bond donors (Lipinski definition) is 1. The molecule has 3 amide bonds. The minimum Gasteiger partial charge on any atom is -0.462 e. The van der Waals surface area contributed by atoms with Crippen molar-refractivity contribution in [3.63, 3.8) is 0 Å². The van der Waals surface area contributed by atoms with Crippen molar-refractivity contribution in [1.82, 2.24) is 20.1 Å². The van der Waals surface area contributed by atoms with Gasteiger partial charge in [0.1, 0.15) is 0 Å². The molecule has 2 aliphatic heterocycles. The van der Waals surface area contributed by atoms with Gasteiger partial charge in [0.15, 0.2) is 0 Å². The van der Waals surface area contributed by atoms with Crippen LogP contribution in [-0.2, 0) is 19.1 Å². The summed E-state index contributed by atoms with van der Waals surface area (Å²) >= 11 is 6.30. The van der Waals surface area contributed by atoms with Gasteiger partial charge in [-0.3, -0.25) is 20.0 Å². The highest BCUT2D eigenvalue weighted by Gasteiger charge is 2.45. The minimum atomic E-state index is -5.39. The van der Waals surface area contributed by atoms with Gasteiger partial charge in [0.25, 0.3) is 12.1 Å². The van der Waals surface area contributed by atoms with E-state index >= 15 is 0 Å². The molecule has 0 aliphatic carbocycles. The molecular formula is C31H37ClF3N5O6. The molecule has 1 aromatic heterocycles. The summed E-state index contributed by atoms with van der Waals surface area (Å²) in [6.45, 7) is 10.2. The van der Waals surface area contributed by atoms with E-state index in [0.717, 1.165) is 24.2 Å². The van der Waals surface area contributed by atoms with E-state index in [1.54, 1.807) is 25.3 Å². The molecule has 2 fully saturated rings. The molecular weight excluding hydrogens is 631 g/mol. The lowest BCUT2D eigenvalue weighted by Crippen LogP contribution is -2.52. The van der Waals surface area contributed by atoms with Crippen LogP contribution in [0.3, 0.4) is 0 Å². The monoisotopic (exact) mass is 667 g/mol. The number of likely N-dealkylation sites (tertiary alicyclic amines) is 2. The summed E-state index contributed by atoms with van der Waals surface area (Å²) in [4.78, 5) is 60.1. The molecule has 3 atom stereocenters. The van der Waals surface area contributed by atoms with E-state index in [4.69, 9.17) is 16.3 Å². The quantitative estimate of drug-likeness (QED) is 0.295. The number of amides is 3. The van der Waals surface area contributed by atoms with Gasteiger partial charge in [0, 0.05) is 49.6 Å². The number of aromatic nitrogens is 1. The van der Waals surface area contributed by atoms with Gasteiger partial charge in [0.2, 0.25) is 0 Å². The largest absolute Gasteiger partial charge is 0.491 e. The smallest absolute Gasteiger partial charge is 0.462 e. The van der Waals surface area contributed by atoms with Crippen LogP contribution < -0.4 is 10.2 Å². The molecule has 3 unspecified atom stereocenters. The first-order valence-corrected chi connectivity index (χ1v) is 15.3. The van der Waals surface area contributed by atoms with Crippen LogP contribution in [0.15, 0.2) is 30.5 Å². The molecule has 0 saturated carbocycles. The summed E-state index contributed by atoms with van der Waals surface area (Å²) in [5, 5.41) is 2.41. The summed E-state index contributed by atoms with van der Waals surface area (Å²) in [6, 6.07) is 5.66. The lowest BCUT2D eigenvalue weighted by Gasteiger charge is -2.27. The van der Waals surface area contributed by atoms with Gasteiger partial charge in [-0.25, -0.2) is 14.4 Å². The van der Waals surface area contributed by atoms with Gasteiger partial charge in [-0.1, -0.05) is 17.7 Å². The SMILES string of the molecule is CCOC(=O)C(NC(=O)N(CCCN1CC2CN(C(=O)c3c(C)ccnc3C)CC2C1)c1ccc(C)c(Cl)c1)OC(=O)C(F)(F)F. The van der Waals surface area contributed by atoms with Crippen molar-refractivity contribution in [1.29, 1.82) is 0 Å². The average molecular weight is 668 g/mol. The highest BCUT2D eigenvalue weighted by molar-refractivity contribution is 6.31. The third-order valence-electron chi connectivity index (χ3n) is 8.19. The predicted molar refractivity (Wildman–Crippen MR) is 162 cm³/mol. The van der Waals surface area contributed by atoms with Crippen molar-refractivity contribution in [2.75, 3.05) is 50.8 Å².